The van der Waals surface area contributed by atoms with Crippen LogP contribution < -0.4 is 4.90 Å². The SMILES string of the molecule is CC1(c2c(N(c3ccc(-c4ccccc4)cc3)c3cccc(-c4ccccc4)c3)ccc3oc4ccccc4c23)c2ccccc2-c2ccccc21. The van der Waals surface area contributed by atoms with Crippen LogP contribution in [0.2, 0.25) is 0 Å². The summed E-state index contributed by atoms with van der Waals surface area (Å²) >= 11 is 0. The molecule has 1 heterocycles. The maximum Gasteiger partial charge on any atom is 0.135 e. The Morgan fingerprint density at radius 3 is 1.67 bits per heavy atom. The highest BCUT2D eigenvalue weighted by Gasteiger charge is 2.44. The van der Waals surface area contributed by atoms with Crippen LogP contribution in [-0.2, 0) is 5.41 Å². The molecule has 0 saturated carbocycles. The molecule has 52 heavy (non-hydrogen) atoms. The summed E-state index contributed by atoms with van der Waals surface area (Å²) in [5, 5.41) is 2.27. The Hall–Kier alpha value is -6.64. The molecule has 0 N–H and O–H groups in total. The molecule has 1 aliphatic carbocycles. The van der Waals surface area contributed by atoms with Gasteiger partial charge in [0.1, 0.15) is 11.2 Å². The van der Waals surface area contributed by atoms with Crippen molar-refractivity contribution >= 4 is 39.0 Å². The Morgan fingerprint density at radius 2 is 0.981 bits per heavy atom. The highest BCUT2D eigenvalue weighted by Crippen LogP contribution is 2.58. The molecule has 1 aliphatic rings. The van der Waals surface area contributed by atoms with Gasteiger partial charge >= 0.3 is 0 Å². The number of fused-ring (bicyclic) bond motifs is 6. The fourth-order valence-corrected chi connectivity index (χ4v) is 8.54. The van der Waals surface area contributed by atoms with E-state index in [1.807, 2.05) is 0 Å². The van der Waals surface area contributed by atoms with E-state index in [2.05, 4.69) is 206 Å². The number of hydrogen-bond donors (Lipinski definition) is 0. The zero-order valence-corrected chi connectivity index (χ0v) is 28.8. The van der Waals surface area contributed by atoms with Crippen LogP contribution in [0.5, 0.6) is 0 Å². The van der Waals surface area contributed by atoms with E-state index >= 15 is 0 Å². The first-order valence-electron chi connectivity index (χ1n) is 17.9. The minimum absolute atomic E-state index is 0.492. The van der Waals surface area contributed by atoms with Gasteiger partial charge in [-0.1, -0.05) is 152 Å². The van der Waals surface area contributed by atoms with E-state index in [0.29, 0.717) is 0 Å². The summed E-state index contributed by atoms with van der Waals surface area (Å²) in [5.74, 6) is 0. The summed E-state index contributed by atoms with van der Waals surface area (Å²) < 4.78 is 6.64. The first-order chi connectivity index (χ1) is 25.7. The van der Waals surface area contributed by atoms with Gasteiger partial charge in [0.2, 0.25) is 0 Å². The van der Waals surface area contributed by atoms with E-state index in [0.717, 1.165) is 39.0 Å². The van der Waals surface area contributed by atoms with Crippen molar-refractivity contribution in [1.82, 2.24) is 0 Å². The third kappa shape index (κ3) is 4.65. The van der Waals surface area contributed by atoms with Crippen molar-refractivity contribution in [2.24, 2.45) is 0 Å². The number of furan rings is 1. The zero-order valence-electron chi connectivity index (χ0n) is 28.8. The highest BCUT2D eigenvalue weighted by molar-refractivity contribution is 6.11. The molecule has 0 amide bonds. The lowest BCUT2D eigenvalue weighted by molar-refractivity contribution is 0.666. The van der Waals surface area contributed by atoms with Gasteiger partial charge in [0.15, 0.2) is 0 Å². The third-order valence-corrected chi connectivity index (χ3v) is 10.9. The van der Waals surface area contributed by atoms with E-state index in [9.17, 15) is 0 Å². The molecule has 0 atom stereocenters. The molecule has 1 aromatic heterocycles. The summed E-state index contributed by atoms with van der Waals surface area (Å²) in [5.41, 5.74) is 15.7. The average Bonchev–Trinajstić information content (AvgIpc) is 3.72. The topological polar surface area (TPSA) is 16.4 Å². The van der Waals surface area contributed by atoms with Gasteiger partial charge in [-0.25, -0.2) is 0 Å². The normalized spacial score (nSPS) is 12.9. The predicted molar refractivity (Wildman–Crippen MR) is 217 cm³/mol. The molecule has 8 aromatic carbocycles. The smallest absolute Gasteiger partial charge is 0.135 e. The molecule has 0 unspecified atom stereocenters. The molecule has 0 bridgehead atoms. The van der Waals surface area contributed by atoms with E-state index in [-0.39, 0.29) is 0 Å². The van der Waals surface area contributed by atoms with E-state index in [1.165, 1.54) is 50.1 Å². The Morgan fingerprint density at radius 1 is 0.423 bits per heavy atom. The Bertz CT molecular complexity index is 2700. The fraction of sp³-hybridized carbons (Fsp3) is 0.0400. The van der Waals surface area contributed by atoms with Gasteiger partial charge in [-0.05, 0) is 93.9 Å². The highest BCUT2D eigenvalue weighted by atomic mass is 16.3. The monoisotopic (exact) mass is 665 g/mol. The van der Waals surface area contributed by atoms with Crippen LogP contribution in [0.1, 0.15) is 23.6 Å². The number of para-hydroxylation sites is 1. The predicted octanol–water partition coefficient (Wildman–Crippen LogP) is 13.7. The summed E-state index contributed by atoms with van der Waals surface area (Å²) in [7, 11) is 0. The molecule has 0 saturated heterocycles. The van der Waals surface area contributed by atoms with Crippen LogP contribution in [0.4, 0.5) is 17.1 Å². The fourth-order valence-electron chi connectivity index (χ4n) is 8.54. The molecule has 0 fully saturated rings. The van der Waals surface area contributed by atoms with Crippen molar-refractivity contribution in [2.75, 3.05) is 4.90 Å². The standard InChI is InChI=1S/C50H35NO/c1-50(43-24-11-8-21-40(43)41-22-9-12-25-44(41)50)49-45(31-32-47-48(49)42-23-10-13-26-46(42)52-47)51(38-29-27-36(28-30-38)34-15-4-2-5-16-34)39-20-14-19-37(33-39)35-17-6-3-7-18-35/h2-33H,1H3. The van der Waals surface area contributed by atoms with Gasteiger partial charge in [0.05, 0.1) is 5.69 Å². The summed E-state index contributed by atoms with van der Waals surface area (Å²) in [4.78, 5) is 2.45. The van der Waals surface area contributed by atoms with Gasteiger partial charge in [-0.15, -0.1) is 0 Å². The van der Waals surface area contributed by atoms with Crippen molar-refractivity contribution in [1.29, 1.82) is 0 Å². The Labute approximate surface area is 303 Å². The second kappa shape index (κ2) is 12.0. The minimum atomic E-state index is -0.492. The Kier molecular flexibility index (Phi) is 6.97. The van der Waals surface area contributed by atoms with Gasteiger partial charge in [0.25, 0.3) is 0 Å². The van der Waals surface area contributed by atoms with Crippen molar-refractivity contribution < 1.29 is 4.42 Å². The summed E-state index contributed by atoms with van der Waals surface area (Å²) in [6.07, 6.45) is 0. The second-order valence-electron chi connectivity index (χ2n) is 13.8. The van der Waals surface area contributed by atoms with Crippen LogP contribution in [0.15, 0.2) is 199 Å². The zero-order chi connectivity index (χ0) is 34.6. The number of hydrogen-bond acceptors (Lipinski definition) is 2. The van der Waals surface area contributed by atoms with Gasteiger partial charge < -0.3 is 9.32 Å². The number of rotatable bonds is 6. The van der Waals surface area contributed by atoms with Crippen molar-refractivity contribution in [3.05, 3.63) is 211 Å². The van der Waals surface area contributed by atoms with E-state index in [1.54, 1.807) is 0 Å². The van der Waals surface area contributed by atoms with Crippen LogP contribution >= 0.6 is 0 Å². The molecular formula is C50H35NO. The van der Waals surface area contributed by atoms with Crippen LogP contribution in [0.25, 0.3) is 55.3 Å². The Balaban J connectivity index is 1.30. The minimum Gasteiger partial charge on any atom is -0.456 e. The molecule has 10 rings (SSSR count). The molecule has 9 aromatic rings. The average molecular weight is 666 g/mol. The molecule has 0 radical (unpaired) electrons. The first kappa shape index (κ1) is 30.2. The van der Waals surface area contributed by atoms with Crippen LogP contribution in [-0.4, -0.2) is 0 Å². The molecule has 2 heteroatoms. The second-order valence-corrected chi connectivity index (χ2v) is 13.8. The third-order valence-electron chi connectivity index (χ3n) is 10.9. The lowest BCUT2D eigenvalue weighted by Crippen LogP contribution is -2.26. The largest absolute Gasteiger partial charge is 0.456 e. The molecule has 0 spiro atoms. The summed E-state index contributed by atoms with van der Waals surface area (Å²) in [6, 6.07) is 69.9. The van der Waals surface area contributed by atoms with Crippen LogP contribution in [0, 0.1) is 0 Å². The molecule has 0 aliphatic heterocycles. The van der Waals surface area contributed by atoms with Gasteiger partial charge in [-0.2, -0.15) is 0 Å². The number of benzene rings is 8. The van der Waals surface area contributed by atoms with Gasteiger partial charge in [-0.3, -0.25) is 0 Å². The van der Waals surface area contributed by atoms with Crippen LogP contribution in [0.3, 0.4) is 0 Å². The quantitative estimate of drug-likeness (QED) is 0.176. The van der Waals surface area contributed by atoms with E-state index < -0.39 is 5.41 Å². The van der Waals surface area contributed by atoms with Gasteiger partial charge in [0, 0.05) is 33.1 Å². The molecular weight excluding hydrogens is 631 g/mol. The maximum atomic E-state index is 6.64. The molecule has 2 nitrogen and oxygen atoms in total. The number of nitrogens with zero attached hydrogens (tertiary/aromatic N) is 1. The maximum absolute atomic E-state index is 6.64. The van der Waals surface area contributed by atoms with E-state index in [4.69, 9.17) is 4.42 Å². The van der Waals surface area contributed by atoms with Crippen molar-refractivity contribution in [2.45, 2.75) is 12.3 Å². The lowest BCUT2D eigenvalue weighted by atomic mass is 9.71. The van der Waals surface area contributed by atoms with Crippen molar-refractivity contribution in [3.63, 3.8) is 0 Å². The molecule has 246 valence electrons. The lowest BCUT2D eigenvalue weighted by Gasteiger charge is -2.36. The van der Waals surface area contributed by atoms with Crippen molar-refractivity contribution in [3.8, 4) is 33.4 Å². The number of anilines is 3. The first-order valence-corrected chi connectivity index (χ1v) is 17.9. The summed E-state index contributed by atoms with van der Waals surface area (Å²) in [6.45, 7) is 2.41.